The molecule has 0 saturated heterocycles. The summed E-state index contributed by atoms with van der Waals surface area (Å²) < 4.78 is 19.7. The van der Waals surface area contributed by atoms with Crippen molar-refractivity contribution in [3.63, 3.8) is 0 Å². The topological polar surface area (TPSA) is 39.2 Å². The van der Waals surface area contributed by atoms with Gasteiger partial charge in [-0.05, 0) is 40.2 Å². The van der Waals surface area contributed by atoms with E-state index < -0.39 is 5.82 Å². The van der Waals surface area contributed by atoms with Crippen LogP contribution in [0.2, 0.25) is 0 Å². The zero-order valence-corrected chi connectivity index (χ0v) is 10.9. The van der Waals surface area contributed by atoms with E-state index >= 15 is 0 Å². The van der Waals surface area contributed by atoms with Gasteiger partial charge in [-0.15, -0.1) is 0 Å². The summed E-state index contributed by atoms with van der Waals surface area (Å²) in [7, 11) is 0. The summed E-state index contributed by atoms with van der Waals surface area (Å²) >= 11 is 3.29. The maximum Gasteiger partial charge on any atom is 0.165 e. The Labute approximate surface area is 112 Å². The van der Waals surface area contributed by atoms with Gasteiger partial charge in [-0.3, -0.25) is 9.78 Å². The lowest BCUT2D eigenvalue weighted by Crippen LogP contribution is -1.98. The first-order chi connectivity index (χ1) is 8.69. The van der Waals surface area contributed by atoms with E-state index in [1.54, 1.807) is 12.4 Å². The lowest BCUT2D eigenvalue weighted by atomic mass is 10.2. The number of aromatic nitrogens is 1. The molecule has 3 nitrogen and oxygen atoms in total. The molecule has 0 atom stereocenters. The van der Waals surface area contributed by atoms with Gasteiger partial charge >= 0.3 is 0 Å². The third-order valence-corrected chi connectivity index (χ3v) is 2.68. The molecule has 0 saturated carbocycles. The maximum atomic E-state index is 13.5. The molecule has 1 aromatic carbocycles. The molecular formula is C13H9BrFNO2. The molecule has 0 fully saturated rings. The van der Waals surface area contributed by atoms with Crippen molar-refractivity contribution in [3.8, 4) is 5.75 Å². The molecule has 2 aromatic rings. The number of nitrogens with zero attached hydrogens (tertiary/aromatic N) is 1. The van der Waals surface area contributed by atoms with Gasteiger partial charge in [0, 0.05) is 28.0 Å². The summed E-state index contributed by atoms with van der Waals surface area (Å²) in [5.74, 6) is -0.442. The fourth-order valence-corrected chi connectivity index (χ4v) is 1.82. The number of rotatable bonds is 4. The number of carbonyl (C=O) groups excluding carboxylic acids is 1. The molecule has 0 aliphatic heterocycles. The highest BCUT2D eigenvalue weighted by Crippen LogP contribution is 2.19. The van der Waals surface area contributed by atoms with Crippen molar-refractivity contribution >= 4 is 22.2 Å². The minimum absolute atomic E-state index is 0.112. The molecule has 2 rings (SSSR count). The van der Waals surface area contributed by atoms with Crippen LogP contribution in [0.25, 0.3) is 0 Å². The van der Waals surface area contributed by atoms with Crippen molar-refractivity contribution < 1.29 is 13.9 Å². The molecule has 1 heterocycles. The second-order valence-electron chi connectivity index (χ2n) is 3.61. The Morgan fingerprint density at radius 2 is 2.17 bits per heavy atom. The molecule has 0 radical (unpaired) electrons. The number of pyridine rings is 1. The Kier molecular flexibility index (Phi) is 4.04. The van der Waals surface area contributed by atoms with Crippen molar-refractivity contribution in [2.75, 3.05) is 0 Å². The van der Waals surface area contributed by atoms with Crippen molar-refractivity contribution in [2.45, 2.75) is 6.61 Å². The van der Waals surface area contributed by atoms with Gasteiger partial charge in [-0.2, -0.15) is 0 Å². The number of hydrogen-bond acceptors (Lipinski definition) is 3. The van der Waals surface area contributed by atoms with Crippen molar-refractivity contribution in [2.24, 2.45) is 0 Å². The molecule has 18 heavy (non-hydrogen) atoms. The molecule has 0 N–H and O–H groups in total. The van der Waals surface area contributed by atoms with Crippen LogP contribution in [0.15, 0.2) is 41.1 Å². The number of aldehydes is 1. The van der Waals surface area contributed by atoms with E-state index in [4.69, 9.17) is 4.74 Å². The number of ether oxygens (including phenoxy) is 1. The minimum atomic E-state index is -0.553. The van der Waals surface area contributed by atoms with Gasteiger partial charge in [0.15, 0.2) is 11.6 Å². The smallest absolute Gasteiger partial charge is 0.165 e. The van der Waals surface area contributed by atoms with Gasteiger partial charge in [0.05, 0.1) is 0 Å². The van der Waals surface area contributed by atoms with Crippen LogP contribution in [-0.2, 0) is 6.61 Å². The van der Waals surface area contributed by atoms with Gasteiger partial charge in [-0.25, -0.2) is 4.39 Å². The van der Waals surface area contributed by atoms with Crippen LogP contribution >= 0.6 is 15.9 Å². The van der Waals surface area contributed by atoms with Crippen LogP contribution < -0.4 is 4.74 Å². The third-order valence-electron chi connectivity index (χ3n) is 2.25. The van der Waals surface area contributed by atoms with Crippen LogP contribution in [0.3, 0.4) is 0 Å². The normalized spacial score (nSPS) is 10.1. The highest BCUT2D eigenvalue weighted by molar-refractivity contribution is 9.10. The minimum Gasteiger partial charge on any atom is -0.486 e. The van der Waals surface area contributed by atoms with E-state index in [1.807, 2.05) is 6.07 Å². The zero-order valence-electron chi connectivity index (χ0n) is 9.27. The fraction of sp³-hybridized carbons (Fsp3) is 0.0769. The summed E-state index contributed by atoms with van der Waals surface area (Å²) in [6, 6.07) is 5.92. The number of benzene rings is 1. The van der Waals surface area contributed by atoms with Gasteiger partial charge in [0.25, 0.3) is 0 Å². The average Bonchev–Trinajstić information content (AvgIpc) is 2.37. The summed E-state index contributed by atoms with van der Waals surface area (Å²) in [5.41, 5.74) is 1.10. The van der Waals surface area contributed by atoms with Crippen LogP contribution in [0.1, 0.15) is 15.9 Å². The highest BCUT2D eigenvalue weighted by Gasteiger charge is 2.05. The zero-order chi connectivity index (χ0) is 13.0. The molecular weight excluding hydrogens is 301 g/mol. The number of halogens is 2. The summed E-state index contributed by atoms with van der Waals surface area (Å²) in [6.45, 7) is 0.212. The number of carbonyl (C=O) groups is 1. The van der Waals surface area contributed by atoms with E-state index in [0.29, 0.717) is 6.29 Å². The molecule has 0 spiro atoms. The van der Waals surface area contributed by atoms with E-state index in [1.165, 1.54) is 12.1 Å². The second-order valence-corrected chi connectivity index (χ2v) is 4.52. The Bertz CT molecular complexity index is 575. The molecule has 92 valence electrons. The van der Waals surface area contributed by atoms with Gasteiger partial charge in [0.1, 0.15) is 12.9 Å². The summed E-state index contributed by atoms with van der Waals surface area (Å²) in [4.78, 5) is 14.4. The third kappa shape index (κ3) is 3.13. The Balaban J connectivity index is 2.08. The van der Waals surface area contributed by atoms with Gasteiger partial charge < -0.3 is 4.74 Å². The van der Waals surface area contributed by atoms with Crippen molar-refractivity contribution in [3.05, 3.63) is 58.1 Å². The summed E-state index contributed by atoms with van der Waals surface area (Å²) in [6.07, 6.45) is 3.89. The first-order valence-corrected chi connectivity index (χ1v) is 5.95. The van der Waals surface area contributed by atoms with Gasteiger partial charge in [-0.1, -0.05) is 0 Å². The predicted molar refractivity (Wildman–Crippen MR) is 68.1 cm³/mol. The summed E-state index contributed by atoms with van der Waals surface area (Å²) in [5, 5.41) is 0. The Hall–Kier alpha value is -1.75. The first kappa shape index (κ1) is 12.7. The largest absolute Gasteiger partial charge is 0.486 e. The van der Waals surface area contributed by atoms with E-state index in [-0.39, 0.29) is 17.9 Å². The monoisotopic (exact) mass is 309 g/mol. The fourth-order valence-electron chi connectivity index (χ4n) is 1.40. The molecule has 0 amide bonds. The Morgan fingerprint density at radius 3 is 2.83 bits per heavy atom. The standard InChI is InChI=1S/C13H9BrFNO2/c14-11-3-10(5-16-6-11)8-18-13-2-1-9(7-17)4-12(13)15/h1-7H,8H2. The Morgan fingerprint density at radius 1 is 1.33 bits per heavy atom. The van der Waals surface area contributed by atoms with E-state index in [9.17, 15) is 9.18 Å². The lowest BCUT2D eigenvalue weighted by Gasteiger charge is -2.07. The maximum absolute atomic E-state index is 13.5. The molecule has 0 aliphatic rings. The van der Waals surface area contributed by atoms with Crippen LogP contribution in [0.5, 0.6) is 5.75 Å². The van der Waals surface area contributed by atoms with Crippen molar-refractivity contribution in [1.82, 2.24) is 4.98 Å². The van der Waals surface area contributed by atoms with Gasteiger partial charge in [0.2, 0.25) is 0 Å². The van der Waals surface area contributed by atoms with Crippen LogP contribution in [-0.4, -0.2) is 11.3 Å². The predicted octanol–water partition coefficient (Wildman–Crippen LogP) is 3.37. The van der Waals surface area contributed by atoms with Crippen LogP contribution in [0.4, 0.5) is 4.39 Å². The molecule has 0 aliphatic carbocycles. The SMILES string of the molecule is O=Cc1ccc(OCc2cncc(Br)c2)c(F)c1. The first-order valence-electron chi connectivity index (χ1n) is 5.16. The van der Waals surface area contributed by atoms with E-state index in [0.717, 1.165) is 16.1 Å². The average molecular weight is 310 g/mol. The van der Waals surface area contributed by atoms with E-state index in [2.05, 4.69) is 20.9 Å². The van der Waals surface area contributed by atoms with Crippen molar-refractivity contribution in [1.29, 1.82) is 0 Å². The number of hydrogen-bond donors (Lipinski definition) is 0. The second kappa shape index (κ2) is 5.73. The molecule has 5 heteroatoms. The highest BCUT2D eigenvalue weighted by atomic mass is 79.9. The molecule has 0 unspecified atom stereocenters. The molecule has 0 bridgehead atoms. The lowest BCUT2D eigenvalue weighted by molar-refractivity contribution is 0.112. The molecule has 1 aromatic heterocycles. The van der Waals surface area contributed by atoms with Crippen LogP contribution in [0, 0.1) is 5.82 Å². The quantitative estimate of drug-likeness (QED) is 0.813.